The molecule has 9 saturated heterocycles. The Morgan fingerprint density at radius 2 is 0.592 bits per heavy atom. The van der Waals surface area contributed by atoms with E-state index in [1.165, 1.54) is 51.4 Å². The van der Waals surface area contributed by atoms with Crippen LogP contribution in [0.5, 0.6) is 0 Å². The molecule has 0 aromatic heterocycles. The lowest BCUT2D eigenvalue weighted by atomic mass is 9.52. The van der Waals surface area contributed by atoms with Gasteiger partial charge in [-0.3, -0.25) is 47.9 Å². The van der Waals surface area contributed by atoms with Gasteiger partial charge in [0.25, 0.3) is 0 Å². The Hall–Kier alpha value is -5.50. The van der Waals surface area contributed by atoms with Crippen LogP contribution in [0.3, 0.4) is 0 Å². The molecule has 2 N–H and O–H groups in total. The second-order valence-corrected chi connectivity index (χ2v) is 48.6. The van der Waals surface area contributed by atoms with Gasteiger partial charge in [-0.25, -0.2) is 0 Å². The number of hydrogen-bond acceptors (Lipinski definition) is 25. The highest BCUT2D eigenvalue weighted by atomic mass is 16.7. The smallest absolute Gasteiger partial charge is 0.312 e. The van der Waals surface area contributed by atoms with Crippen molar-refractivity contribution in [2.75, 3.05) is 0 Å². The summed E-state index contributed by atoms with van der Waals surface area (Å²) < 4.78 is 73.3. The van der Waals surface area contributed by atoms with Crippen LogP contribution in [-0.4, -0.2) is 177 Å². The van der Waals surface area contributed by atoms with Crippen molar-refractivity contribution >= 4 is 59.7 Å². The molecule has 25 nitrogen and oxygen atoms in total. The Morgan fingerprint density at radius 3 is 0.866 bits per heavy atom. The van der Waals surface area contributed by atoms with Crippen molar-refractivity contribution in [1.82, 2.24) is 0 Å². The van der Waals surface area contributed by atoms with Crippen molar-refractivity contribution in [3.8, 4) is 0 Å². The highest BCUT2D eigenvalue weighted by Crippen LogP contribution is 2.72. The van der Waals surface area contributed by atoms with Gasteiger partial charge < -0.3 is 71.8 Å². The summed E-state index contributed by atoms with van der Waals surface area (Å²) in [6.07, 6.45) is 27.4. The molecule has 9 heterocycles. The number of carbonyl (C=O) groups excluding carboxylic acids is 10. The van der Waals surface area contributed by atoms with Gasteiger partial charge in [-0.2, -0.15) is 0 Å². The van der Waals surface area contributed by atoms with Crippen LogP contribution in [0.4, 0.5) is 0 Å². The van der Waals surface area contributed by atoms with Crippen LogP contribution in [-0.2, 0) is 110 Å². The van der Waals surface area contributed by atoms with Gasteiger partial charge in [-0.1, -0.05) is 159 Å². The first-order chi connectivity index (χ1) is 59.6. The summed E-state index contributed by atoms with van der Waals surface area (Å²) in [6.45, 7) is 45.2. The summed E-state index contributed by atoms with van der Waals surface area (Å²) in [5, 5.41) is 21.3. The van der Waals surface area contributed by atoms with E-state index in [2.05, 4.69) is 20.8 Å². The van der Waals surface area contributed by atoms with Gasteiger partial charge in [-0.15, -0.1) is 0 Å². The molecule has 18 bridgehead atoms. The first kappa shape index (κ1) is 136. The van der Waals surface area contributed by atoms with E-state index in [9.17, 15) is 58.2 Å². The van der Waals surface area contributed by atoms with Crippen LogP contribution in [0.25, 0.3) is 0 Å². The standard InChI is InChI=1S/C20H32O2.2C16H26O3.3C13H18O5.C12H22O2.14CH4/c1-5-19(3,4)18(21)22-20(6-2)11-14-10-15(20)17-13-8-7-12(9-13)16(14)17;2*1-4-14(2,3)13(17)19-16-8-11-5-12(9-16)7-15(18,6-11)10-16;3*1-4-13(2,3)12(15)18-9-7-5-6-8(16-7)10(9)17-11(6)14;1-5-11(2,3)10(13)14-12(4)8-6-7-9-12;;;;;;;;;;;;;;/h12-17H,5-11H2,1-4H3;2*11-12,18H,4-10H2,1-3H3;3*6-10H,4-5H2,1-3H3;5-9H2,1-4H3;14*1H4. The maximum atomic E-state index is 12.7. The molecule has 0 aromatic carbocycles. The third kappa shape index (κ3) is 26.4. The number of fused-ring (bicyclic) bond motifs is 12. The maximum absolute atomic E-state index is 12.7. The minimum absolute atomic E-state index is 0. The van der Waals surface area contributed by atoms with Crippen molar-refractivity contribution in [2.45, 2.75) is 576 Å². The van der Waals surface area contributed by atoms with Gasteiger partial charge in [0, 0.05) is 18.8 Å². The molecule has 25 heteroatoms. The Balaban J connectivity index is 0.00000161. The molecular formula is C117H216O25. The molecule has 26 unspecified atom stereocenters. The molecule has 0 radical (unpaired) electrons. The fourth-order valence-electron chi connectivity index (χ4n) is 26.4. The topological polar surface area (TPSA) is 331 Å². The molecule has 0 spiro atoms. The summed E-state index contributed by atoms with van der Waals surface area (Å²) >= 11 is 0. The molecule has 13 aliphatic carbocycles. The Kier molecular flexibility index (Phi) is 47.6. The number of rotatable bonds is 22. The first-order valence-corrected chi connectivity index (χ1v) is 50.2. The summed E-state index contributed by atoms with van der Waals surface area (Å²) in [6, 6.07) is 0. The predicted octanol–water partition coefficient (Wildman–Crippen LogP) is 26.3. The Bertz CT molecular complexity index is 3860. The molecule has 0 amide bonds. The van der Waals surface area contributed by atoms with Crippen LogP contribution in [0.15, 0.2) is 0 Å². The van der Waals surface area contributed by atoms with Gasteiger partial charge in [0.15, 0.2) is 36.6 Å². The monoisotopic (exact) mass is 2020 g/mol. The quantitative estimate of drug-likeness (QED) is 0.0577. The minimum atomic E-state index is -0.555. The van der Waals surface area contributed by atoms with Crippen LogP contribution in [0.2, 0.25) is 0 Å². The van der Waals surface area contributed by atoms with Crippen molar-refractivity contribution in [2.24, 2.45) is 115 Å². The van der Waals surface area contributed by atoms with E-state index < -0.39 is 74.9 Å². The second-order valence-electron chi connectivity index (χ2n) is 48.6. The average Bonchev–Trinajstić information content (AvgIpc) is 1.52. The number of aliphatic hydroxyl groups is 2. The third-order valence-electron chi connectivity index (χ3n) is 36.5. The van der Waals surface area contributed by atoms with E-state index in [0.29, 0.717) is 81.0 Å². The fraction of sp³-hybridized carbons (Fsp3) is 0.915. The van der Waals surface area contributed by atoms with E-state index in [0.717, 1.165) is 132 Å². The Morgan fingerprint density at radius 1 is 0.324 bits per heavy atom. The average molecular weight is 2020 g/mol. The first-order valence-electron chi connectivity index (χ1n) is 50.2. The molecule has 26 atom stereocenters. The number of esters is 10. The SMILES string of the molecule is C.C.C.C.C.C.C.C.C.C.C.C.C.C.CCC(C)(C)C(=O)OC1(C)CCCC1.CCC(C)(C)C(=O)OC1(CC)CC2CC1C1C3CCC(C3)C21.CCC(C)(C)C(=O)OC12CC3CC(CC(O)(C3)C1)C2.CCC(C)(C)C(=O)OC12CC3CC(CC(O)(C3)C1)C2.CCC(C)(C)C(=O)OC1C2CC3C(=O)OC1C3O2.CCC(C)(C)C(=O)OC1C2CC3C(=O)OC1C3O2.CCC(C)(C)C(=O)OC1C2CC3C(=O)OC1C3O2. The molecule has 13 saturated carbocycles. The molecule has 142 heavy (non-hydrogen) atoms. The van der Waals surface area contributed by atoms with Gasteiger partial charge in [0.2, 0.25) is 0 Å². The molecule has 22 rings (SSSR count). The lowest BCUT2D eigenvalue weighted by Gasteiger charge is -2.59. The highest BCUT2D eigenvalue weighted by molar-refractivity contribution is 5.82. The summed E-state index contributed by atoms with van der Waals surface area (Å²) in [5.41, 5.74) is -5.14. The zero-order valence-corrected chi connectivity index (χ0v) is 81.8. The van der Waals surface area contributed by atoms with E-state index in [4.69, 9.17) is 61.6 Å². The predicted molar refractivity (Wildman–Crippen MR) is 565 cm³/mol. The van der Waals surface area contributed by atoms with E-state index >= 15 is 0 Å². The van der Waals surface area contributed by atoms with E-state index in [-0.39, 0.29) is 251 Å². The van der Waals surface area contributed by atoms with Crippen molar-refractivity contribution in [3.63, 3.8) is 0 Å². The zero-order chi connectivity index (χ0) is 93.5. The number of carbonyl (C=O) groups is 10. The van der Waals surface area contributed by atoms with Crippen LogP contribution < -0.4 is 0 Å². The molecule has 22 fully saturated rings. The van der Waals surface area contributed by atoms with Crippen molar-refractivity contribution < 1.29 is 120 Å². The van der Waals surface area contributed by atoms with Crippen LogP contribution in [0, 0.1) is 115 Å². The minimum Gasteiger partial charge on any atom is -0.459 e. The van der Waals surface area contributed by atoms with Gasteiger partial charge >= 0.3 is 59.7 Å². The Labute approximate surface area is 865 Å². The van der Waals surface area contributed by atoms with Gasteiger partial charge in [0.05, 0.1) is 85.2 Å². The van der Waals surface area contributed by atoms with Gasteiger partial charge in [0.1, 0.15) is 40.7 Å². The second kappa shape index (κ2) is 49.5. The van der Waals surface area contributed by atoms with Gasteiger partial charge in [-0.05, 0) is 350 Å². The summed E-state index contributed by atoms with van der Waals surface area (Å²) in [4.78, 5) is 120. The molecule has 22 aliphatic rings. The largest absolute Gasteiger partial charge is 0.459 e. The number of hydrogen-bond donors (Lipinski definition) is 2. The van der Waals surface area contributed by atoms with E-state index in [1.54, 1.807) is 0 Å². The fourth-order valence-corrected chi connectivity index (χ4v) is 26.4. The maximum Gasteiger partial charge on any atom is 0.312 e. The highest BCUT2D eigenvalue weighted by Gasteiger charge is 2.71. The lowest BCUT2D eigenvalue weighted by molar-refractivity contribution is -0.226. The number of ether oxygens (including phenoxy) is 13. The third-order valence-corrected chi connectivity index (χ3v) is 36.5. The van der Waals surface area contributed by atoms with Crippen molar-refractivity contribution in [3.05, 3.63) is 0 Å². The van der Waals surface area contributed by atoms with E-state index in [1.807, 2.05) is 138 Å². The molecular weight excluding hydrogens is 1810 g/mol. The molecule has 834 valence electrons. The normalized spacial score (nSPS) is 37.1. The summed E-state index contributed by atoms with van der Waals surface area (Å²) in [7, 11) is 0. The van der Waals surface area contributed by atoms with Crippen LogP contribution in [0.1, 0.15) is 469 Å². The molecule has 0 aromatic rings. The summed E-state index contributed by atoms with van der Waals surface area (Å²) in [5.74, 6) is 5.65. The lowest BCUT2D eigenvalue weighted by Crippen LogP contribution is -2.61. The van der Waals surface area contributed by atoms with Crippen molar-refractivity contribution in [1.29, 1.82) is 0 Å². The molecule has 9 aliphatic heterocycles. The zero-order valence-electron chi connectivity index (χ0n) is 81.8. The van der Waals surface area contributed by atoms with Crippen LogP contribution >= 0.6 is 0 Å².